The van der Waals surface area contributed by atoms with Crippen LogP contribution in [-0.2, 0) is 9.53 Å². The van der Waals surface area contributed by atoms with Gasteiger partial charge in [-0.25, -0.2) is 0 Å². The molecule has 1 fully saturated rings. The molecule has 1 rings (SSSR count). The van der Waals surface area contributed by atoms with Gasteiger partial charge in [-0.05, 0) is 19.9 Å². The van der Waals surface area contributed by atoms with E-state index < -0.39 is 0 Å². The SMILES string of the molecule is CCOC(=O)C1CCNCC1C#N. The predicted molar refractivity (Wildman–Crippen MR) is 46.7 cm³/mol. The average molecular weight is 182 g/mol. The van der Waals surface area contributed by atoms with Gasteiger partial charge >= 0.3 is 5.97 Å². The molecule has 4 nitrogen and oxygen atoms in total. The number of carbonyl (C=O) groups is 1. The maximum Gasteiger partial charge on any atom is 0.310 e. The first-order valence-electron chi connectivity index (χ1n) is 4.56. The molecular formula is C9H14N2O2. The van der Waals surface area contributed by atoms with Crippen molar-refractivity contribution >= 4 is 5.97 Å². The number of rotatable bonds is 2. The van der Waals surface area contributed by atoms with Crippen LogP contribution >= 0.6 is 0 Å². The van der Waals surface area contributed by atoms with Crippen LogP contribution < -0.4 is 5.32 Å². The number of carbonyl (C=O) groups excluding carboxylic acids is 1. The molecule has 0 aromatic rings. The molecule has 0 spiro atoms. The highest BCUT2D eigenvalue weighted by molar-refractivity contribution is 5.73. The van der Waals surface area contributed by atoms with Gasteiger partial charge in [-0.2, -0.15) is 5.26 Å². The highest BCUT2D eigenvalue weighted by Gasteiger charge is 2.31. The molecule has 1 aliphatic heterocycles. The van der Waals surface area contributed by atoms with Crippen molar-refractivity contribution in [1.82, 2.24) is 5.32 Å². The molecule has 13 heavy (non-hydrogen) atoms. The molecule has 0 saturated carbocycles. The number of nitriles is 1. The molecule has 0 aromatic carbocycles. The molecule has 72 valence electrons. The molecule has 0 bridgehead atoms. The van der Waals surface area contributed by atoms with Crippen molar-refractivity contribution in [2.75, 3.05) is 19.7 Å². The Hall–Kier alpha value is -1.08. The maximum absolute atomic E-state index is 11.4. The average Bonchev–Trinajstić information content (AvgIpc) is 2.18. The van der Waals surface area contributed by atoms with E-state index in [1.165, 1.54) is 0 Å². The Labute approximate surface area is 77.9 Å². The number of hydrogen-bond acceptors (Lipinski definition) is 4. The maximum atomic E-state index is 11.4. The Kier molecular flexibility index (Phi) is 3.71. The van der Waals surface area contributed by atoms with Gasteiger partial charge in [0.25, 0.3) is 0 Å². The lowest BCUT2D eigenvalue weighted by molar-refractivity contribution is -0.150. The van der Waals surface area contributed by atoms with Crippen LogP contribution in [0.3, 0.4) is 0 Å². The third-order valence-corrected chi connectivity index (χ3v) is 2.24. The second kappa shape index (κ2) is 4.83. The Bertz CT molecular complexity index is 222. The predicted octanol–water partition coefficient (Wildman–Crippen LogP) is 0.299. The van der Waals surface area contributed by atoms with Crippen molar-refractivity contribution in [3.8, 4) is 6.07 Å². The van der Waals surface area contributed by atoms with E-state index in [4.69, 9.17) is 10.00 Å². The number of nitrogens with zero attached hydrogens (tertiary/aromatic N) is 1. The molecule has 2 atom stereocenters. The van der Waals surface area contributed by atoms with Crippen LogP contribution in [0.25, 0.3) is 0 Å². The lowest BCUT2D eigenvalue weighted by Crippen LogP contribution is -2.40. The van der Waals surface area contributed by atoms with Gasteiger partial charge in [0.2, 0.25) is 0 Å². The smallest absolute Gasteiger partial charge is 0.310 e. The summed E-state index contributed by atoms with van der Waals surface area (Å²) in [5, 5.41) is 11.9. The zero-order valence-corrected chi connectivity index (χ0v) is 7.75. The molecule has 4 heteroatoms. The number of esters is 1. The normalized spacial score (nSPS) is 27.7. The van der Waals surface area contributed by atoms with Crippen LogP contribution in [-0.4, -0.2) is 25.7 Å². The summed E-state index contributed by atoms with van der Waals surface area (Å²) in [6.45, 7) is 3.56. The molecule has 1 N–H and O–H groups in total. The van der Waals surface area contributed by atoms with Gasteiger partial charge < -0.3 is 10.1 Å². The summed E-state index contributed by atoms with van der Waals surface area (Å²) in [7, 11) is 0. The third kappa shape index (κ3) is 2.43. The minimum atomic E-state index is -0.230. The van der Waals surface area contributed by atoms with Gasteiger partial charge in [0.05, 0.1) is 24.5 Å². The van der Waals surface area contributed by atoms with Gasteiger partial charge in [0, 0.05) is 6.54 Å². The summed E-state index contributed by atoms with van der Waals surface area (Å²) in [4.78, 5) is 11.4. The van der Waals surface area contributed by atoms with Crippen molar-refractivity contribution < 1.29 is 9.53 Å². The fraction of sp³-hybridized carbons (Fsp3) is 0.778. The minimum Gasteiger partial charge on any atom is -0.466 e. The molecule has 0 radical (unpaired) electrons. The van der Waals surface area contributed by atoms with E-state index in [1.54, 1.807) is 6.92 Å². The number of hydrogen-bond donors (Lipinski definition) is 1. The van der Waals surface area contributed by atoms with E-state index >= 15 is 0 Å². The molecule has 2 unspecified atom stereocenters. The Morgan fingerprint density at radius 3 is 3.15 bits per heavy atom. The lowest BCUT2D eigenvalue weighted by atomic mass is 9.88. The van der Waals surface area contributed by atoms with Crippen molar-refractivity contribution in [3.63, 3.8) is 0 Å². The van der Waals surface area contributed by atoms with E-state index in [0.717, 1.165) is 6.54 Å². The summed E-state index contributed by atoms with van der Waals surface area (Å²) in [5.74, 6) is -0.686. The van der Waals surface area contributed by atoms with Crippen molar-refractivity contribution in [1.29, 1.82) is 5.26 Å². The van der Waals surface area contributed by atoms with Gasteiger partial charge in [0.15, 0.2) is 0 Å². The first-order chi connectivity index (χ1) is 6.29. The van der Waals surface area contributed by atoms with E-state index in [1.807, 2.05) is 0 Å². The molecule has 0 amide bonds. The quantitative estimate of drug-likeness (QED) is 0.624. The van der Waals surface area contributed by atoms with Gasteiger partial charge in [-0.3, -0.25) is 4.79 Å². The van der Waals surface area contributed by atoms with E-state index in [9.17, 15) is 4.79 Å². The molecular weight excluding hydrogens is 168 g/mol. The van der Waals surface area contributed by atoms with E-state index in [-0.39, 0.29) is 17.8 Å². The van der Waals surface area contributed by atoms with Gasteiger partial charge in [-0.1, -0.05) is 0 Å². The summed E-state index contributed by atoms with van der Waals surface area (Å²) >= 11 is 0. The van der Waals surface area contributed by atoms with Crippen LogP contribution in [0.2, 0.25) is 0 Å². The number of piperidine rings is 1. The fourth-order valence-electron chi connectivity index (χ4n) is 1.53. The molecule has 1 saturated heterocycles. The van der Waals surface area contributed by atoms with Gasteiger partial charge in [0.1, 0.15) is 0 Å². The molecule has 0 aromatic heterocycles. The first kappa shape index (κ1) is 10.0. The summed E-state index contributed by atoms with van der Waals surface area (Å²) in [5.41, 5.74) is 0. The van der Waals surface area contributed by atoms with Crippen LogP contribution in [0.5, 0.6) is 0 Å². The highest BCUT2D eigenvalue weighted by atomic mass is 16.5. The van der Waals surface area contributed by atoms with Crippen molar-refractivity contribution in [2.24, 2.45) is 11.8 Å². The fourth-order valence-corrected chi connectivity index (χ4v) is 1.53. The summed E-state index contributed by atoms with van der Waals surface area (Å²) in [6.07, 6.45) is 0.705. The van der Waals surface area contributed by atoms with Crippen LogP contribution in [0.1, 0.15) is 13.3 Å². The second-order valence-electron chi connectivity index (χ2n) is 3.09. The molecule has 1 heterocycles. The van der Waals surface area contributed by atoms with Crippen LogP contribution in [0.15, 0.2) is 0 Å². The number of ether oxygens (including phenoxy) is 1. The Balaban J connectivity index is 2.54. The van der Waals surface area contributed by atoms with Crippen LogP contribution in [0, 0.1) is 23.2 Å². The second-order valence-corrected chi connectivity index (χ2v) is 3.09. The van der Waals surface area contributed by atoms with Crippen LogP contribution in [0.4, 0.5) is 0 Å². The largest absolute Gasteiger partial charge is 0.466 e. The van der Waals surface area contributed by atoms with Crippen molar-refractivity contribution in [3.05, 3.63) is 0 Å². The zero-order chi connectivity index (χ0) is 9.68. The standard InChI is InChI=1S/C9H14N2O2/c1-2-13-9(12)8-3-4-11-6-7(8)5-10/h7-8,11H,2-4,6H2,1H3. The molecule has 1 aliphatic rings. The van der Waals surface area contributed by atoms with E-state index in [0.29, 0.717) is 19.6 Å². The first-order valence-corrected chi connectivity index (χ1v) is 4.56. The Morgan fingerprint density at radius 2 is 2.54 bits per heavy atom. The van der Waals surface area contributed by atoms with Crippen molar-refractivity contribution in [2.45, 2.75) is 13.3 Å². The Morgan fingerprint density at radius 1 is 1.77 bits per heavy atom. The minimum absolute atomic E-state index is 0.226. The summed E-state index contributed by atoms with van der Waals surface area (Å²) < 4.78 is 4.90. The van der Waals surface area contributed by atoms with E-state index in [2.05, 4.69) is 11.4 Å². The summed E-state index contributed by atoms with van der Waals surface area (Å²) in [6, 6.07) is 2.13. The monoisotopic (exact) mass is 182 g/mol. The van der Waals surface area contributed by atoms with Gasteiger partial charge in [-0.15, -0.1) is 0 Å². The highest BCUT2D eigenvalue weighted by Crippen LogP contribution is 2.19. The third-order valence-electron chi connectivity index (χ3n) is 2.24. The lowest BCUT2D eigenvalue weighted by Gasteiger charge is -2.25. The number of nitrogens with one attached hydrogen (secondary N) is 1. The zero-order valence-electron chi connectivity index (χ0n) is 7.75. The topological polar surface area (TPSA) is 62.1 Å². The molecule has 0 aliphatic carbocycles.